The molecule has 1 rings (SSSR count). The molecule has 3 nitrogen and oxygen atoms in total. The second kappa shape index (κ2) is 5.73. The van der Waals surface area contributed by atoms with Crippen molar-refractivity contribution >= 4 is 23.6 Å². The first-order chi connectivity index (χ1) is 7.20. The maximum Gasteiger partial charge on any atom is 0.153 e. The van der Waals surface area contributed by atoms with E-state index in [9.17, 15) is 4.79 Å². The van der Waals surface area contributed by atoms with Gasteiger partial charge in [-0.3, -0.25) is 4.79 Å². The first-order valence-corrected chi connectivity index (χ1v) is 5.02. The molecule has 0 bridgehead atoms. The molecule has 0 aromatic heterocycles. The zero-order valence-corrected chi connectivity index (χ0v) is 9.62. The van der Waals surface area contributed by atoms with Gasteiger partial charge >= 0.3 is 0 Å². The van der Waals surface area contributed by atoms with E-state index in [1.54, 1.807) is 13.2 Å². The summed E-state index contributed by atoms with van der Waals surface area (Å²) in [5.41, 5.74) is 1.35. The normalized spacial score (nSPS) is 10.1. The average Bonchev–Trinajstić information content (AvgIpc) is 2.25. The maximum absolute atomic E-state index is 10.9. The van der Waals surface area contributed by atoms with Crippen molar-refractivity contribution in [2.45, 2.75) is 0 Å². The fourth-order valence-corrected chi connectivity index (χ4v) is 1.54. The Kier molecular flexibility index (Phi) is 4.59. The van der Waals surface area contributed by atoms with Crippen LogP contribution in [0.1, 0.15) is 10.4 Å². The third-order valence-corrected chi connectivity index (χ3v) is 2.52. The number of hydrogen-bond donors (Lipinski definition) is 0. The molecule has 0 spiro atoms. The fourth-order valence-electron chi connectivity index (χ4n) is 1.32. The lowest BCUT2D eigenvalue weighted by Gasteiger charge is -2.20. The van der Waals surface area contributed by atoms with Crippen LogP contribution < -0.4 is 4.90 Å². The maximum atomic E-state index is 10.9. The first kappa shape index (κ1) is 12.0. The van der Waals surface area contributed by atoms with Gasteiger partial charge in [-0.05, 0) is 12.1 Å². The Morgan fingerprint density at radius 3 is 2.87 bits per heavy atom. The summed E-state index contributed by atoms with van der Waals surface area (Å²) in [7, 11) is 3.55. The van der Waals surface area contributed by atoms with E-state index >= 15 is 0 Å². The zero-order chi connectivity index (χ0) is 11.3. The third-order valence-electron chi connectivity index (χ3n) is 2.19. The van der Waals surface area contributed by atoms with Crippen LogP contribution in [0.2, 0.25) is 5.02 Å². The number of ether oxygens (including phenoxy) is 1. The lowest BCUT2D eigenvalue weighted by molar-refractivity contribution is 0.112. The number of carbonyl (C=O) groups is 1. The molecule has 0 saturated heterocycles. The summed E-state index contributed by atoms with van der Waals surface area (Å²) in [6.45, 7) is 1.33. The highest BCUT2D eigenvalue weighted by Gasteiger charge is 2.09. The summed E-state index contributed by atoms with van der Waals surface area (Å²) >= 11 is 5.92. The van der Waals surface area contributed by atoms with Crippen LogP contribution in [0.3, 0.4) is 0 Å². The van der Waals surface area contributed by atoms with Gasteiger partial charge in [0.15, 0.2) is 6.29 Å². The summed E-state index contributed by atoms with van der Waals surface area (Å²) in [4.78, 5) is 12.8. The highest BCUT2D eigenvalue weighted by molar-refractivity contribution is 6.33. The Morgan fingerprint density at radius 2 is 2.27 bits per heavy atom. The van der Waals surface area contributed by atoms with Crippen molar-refractivity contribution in [2.75, 3.05) is 32.2 Å². The van der Waals surface area contributed by atoms with E-state index in [1.807, 2.05) is 24.1 Å². The first-order valence-electron chi connectivity index (χ1n) is 4.64. The van der Waals surface area contributed by atoms with Gasteiger partial charge in [0.05, 0.1) is 17.2 Å². The van der Waals surface area contributed by atoms with Gasteiger partial charge in [0.1, 0.15) is 0 Å². The van der Waals surface area contributed by atoms with Crippen LogP contribution in [0, 0.1) is 0 Å². The summed E-state index contributed by atoms with van der Waals surface area (Å²) < 4.78 is 4.97. The SMILES string of the molecule is COCCN(C)c1cccc(Cl)c1C=O. The molecule has 1 aromatic rings. The Hall–Kier alpha value is -1.06. The van der Waals surface area contributed by atoms with E-state index < -0.39 is 0 Å². The molecule has 15 heavy (non-hydrogen) atoms. The van der Waals surface area contributed by atoms with Crippen LogP contribution in [0.4, 0.5) is 5.69 Å². The molecule has 0 unspecified atom stereocenters. The number of anilines is 1. The number of nitrogens with zero attached hydrogens (tertiary/aromatic N) is 1. The molecule has 0 aliphatic heterocycles. The van der Waals surface area contributed by atoms with Gasteiger partial charge in [0.25, 0.3) is 0 Å². The van der Waals surface area contributed by atoms with Crippen molar-refractivity contribution < 1.29 is 9.53 Å². The van der Waals surface area contributed by atoms with Crippen LogP contribution in [-0.4, -0.2) is 33.6 Å². The minimum Gasteiger partial charge on any atom is -0.383 e. The van der Waals surface area contributed by atoms with E-state index in [2.05, 4.69) is 0 Å². The van der Waals surface area contributed by atoms with E-state index in [1.165, 1.54) is 0 Å². The average molecular weight is 228 g/mol. The van der Waals surface area contributed by atoms with Crippen LogP contribution in [0.25, 0.3) is 0 Å². The molecular weight excluding hydrogens is 214 g/mol. The molecular formula is C11H14ClNO2. The summed E-state index contributed by atoms with van der Waals surface area (Å²) in [5.74, 6) is 0. The smallest absolute Gasteiger partial charge is 0.153 e. The number of carbonyl (C=O) groups excluding carboxylic acids is 1. The van der Waals surface area contributed by atoms with Crippen molar-refractivity contribution in [1.82, 2.24) is 0 Å². The van der Waals surface area contributed by atoms with Crippen molar-refractivity contribution in [2.24, 2.45) is 0 Å². The molecule has 0 saturated carbocycles. The van der Waals surface area contributed by atoms with Gasteiger partial charge in [-0.2, -0.15) is 0 Å². The number of aldehydes is 1. The van der Waals surface area contributed by atoms with Gasteiger partial charge in [0, 0.05) is 26.4 Å². The molecule has 0 heterocycles. The molecule has 4 heteroatoms. The Bertz CT molecular complexity index is 341. The number of hydrogen-bond acceptors (Lipinski definition) is 3. The number of benzene rings is 1. The van der Waals surface area contributed by atoms with Gasteiger partial charge in [-0.1, -0.05) is 17.7 Å². The van der Waals surface area contributed by atoms with E-state index in [0.717, 1.165) is 18.5 Å². The Balaban J connectivity index is 2.92. The minimum absolute atomic E-state index is 0.478. The topological polar surface area (TPSA) is 29.5 Å². The predicted molar refractivity (Wildman–Crippen MR) is 62.0 cm³/mol. The fraction of sp³-hybridized carbons (Fsp3) is 0.364. The molecule has 1 aromatic carbocycles. The van der Waals surface area contributed by atoms with Crippen molar-refractivity contribution in [3.05, 3.63) is 28.8 Å². The van der Waals surface area contributed by atoms with Gasteiger partial charge in [-0.15, -0.1) is 0 Å². The predicted octanol–water partition coefficient (Wildman–Crippen LogP) is 2.24. The molecule has 0 fully saturated rings. The Labute approximate surface area is 94.6 Å². The van der Waals surface area contributed by atoms with E-state index in [-0.39, 0.29) is 0 Å². The zero-order valence-electron chi connectivity index (χ0n) is 8.87. The van der Waals surface area contributed by atoms with Crippen molar-refractivity contribution in [3.8, 4) is 0 Å². The molecule has 0 N–H and O–H groups in total. The highest BCUT2D eigenvalue weighted by Crippen LogP contribution is 2.24. The van der Waals surface area contributed by atoms with E-state index in [0.29, 0.717) is 17.2 Å². The van der Waals surface area contributed by atoms with Crippen LogP contribution >= 0.6 is 11.6 Å². The van der Waals surface area contributed by atoms with Crippen molar-refractivity contribution in [3.63, 3.8) is 0 Å². The summed E-state index contributed by atoms with van der Waals surface area (Å²) in [5, 5.41) is 0.478. The standard InChI is InChI=1S/C11H14ClNO2/c1-13(6-7-15-2)11-5-3-4-10(12)9(11)8-14/h3-5,8H,6-7H2,1-2H3. The van der Waals surface area contributed by atoms with Crippen LogP contribution in [0.5, 0.6) is 0 Å². The monoisotopic (exact) mass is 227 g/mol. The summed E-state index contributed by atoms with van der Waals surface area (Å²) in [6.07, 6.45) is 0.779. The molecule has 0 radical (unpaired) electrons. The Morgan fingerprint density at radius 1 is 1.53 bits per heavy atom. The molecule has 0 aliphatic carbocycles. The number of halogens is 1. The number of likely N-dealkylation sites (N-methyl/N-ethyl adjacent to an activating group) is 1. The van der Waals surface area contributed by atoms with Gasteiger partial charge in [0.2, 0.25) is 0 Å². The van der Waals surface area contributed by atoms with Crippen LogP contribution in [0.15, 0.2) is 18.2 Å². The molecule has 82 valence electrons. The quantitative estimate of drug-likeness (QED) is 0.723. The second-order valence-corrected chi connectivity index (χ2v) is 3.61. The van der Waals surface area contributed by atoms with E-state index in [4.69, 9.17) is 16.3 Å². The molecule has 0 aliphatic rings. The largest absolute Gasteiger partial charge is 0.383 e. The molecule has 0 amide bonds. The lowest BCUT2D eigenvalue weighted by atomic mass is 10.2. The molecule has 0 atom stereocenters. The van der Waals surface area contributed by atoms with Gasteiger partial charge < -0.3 is 9.64 Å². The van der Waals surface area contributed by atoms with Gasteiger partial charge in [-0.25, -0.2) is 0 Å². The third kappa shape index (κ3) is 2.94. The van der Waals surface area contributed by atoms with Crippen molar-refractivity contribution in [1.29, 1.82) is 0 Å². The number of methoxy groups -OCH3 is 1. The number of rotatable bonds is 5. The lowest BCUT2D eigenvalue weighted by Crippen LogP contribution is -2.23. The second-order valence-electron chi connectivity index (χ2n) is 3.20. The minimum atomic E-state index is 0.478. The van der Waals surface area contributed by atoms with Crippen LogP contribution in [-0.2, 0) is 4.74 Å². The summed E-state index contributed by atoms with van der Waals surface area (Å²) in [6, 6.07) is 5.40. The highest BCUT2D eigenvalue weighted by atomic mass is 35.5.